The van der Waals surface area contributed by atoms with Gasteiger partial charge in [0.15, 0.2) is 0 Å². The van der Waals surface area contributed by atoms with Gasteiger partial charge in [0.25, 0.3) is 0 Å². The molecule has 7 heteroatoms. The second kappa shape index (κ2) is 17.6. The van der Waals surface area contributed by atoms with E-state index in [0.29, 0.717) is 0 Å². The van der Waals surface area contributed by atoms with Crippen LogP contribution >= 0.6 is 58.5 Å². The van der Waals surface area contributed by atoms with Gasteiger partial charge in [-0.3, -0.25) is 0 Å². The third kappa shape index (κ3) is 19.6. The van der Waals surface area contributed by atoms with Crippen molar-refractivity contribution in [3.05, 3.63) is 0 Å². The van der Waals surface area contributed by atoms with Gasteiger partial charge < -0.3 is 9.47 Å². The lowest BCUT2D eigenvalue weighted by Crippen LogP contribution is -2.05. The lowest BCUT2D eigenvalue weighted by molar-refractivity contribution is 0.164. The number of rotatable bonds is 15. The van der Waals surface area contributed by atoms with Gasteiger partial charge in [-0.1, -0.05) is 0 Å². The predicted molar refractivity (Wildman–Crippen MR) is 94.8 cm³/mol. The molecule has 0 heterocycles. The van der Waals surface area contributed by atoms with Gasteiger partial charge in [0.2, 0.25) is 0 Å². The zero-order valence-electron chi connectivity index (χ0n) is 11.4. The van der Waals surface area contributed by atoms with Crippen LogP contribution in [0.4, 0.5) is 0 Å². The molecule has 0 aromatic rings. The number of thioether (sulfide) groups is 3. The quantitative estimate of drug-likeness (QED) is 0.320. The first-order valence-corrected chi connectivity index (χ1v) is 10.7. The van der Waals surface area contributed by atoms with Crippen molar-refractivity contribution < 1.29 is 9.47 Å². The molecule has 2 nitrogen and oxygen atoms in total. The zero-order valence-corrected chi connectivity index (χ0v) is 15.4. The zero-order chi connectivity index (χ0) is 14.2. The van der Waals surface area contributed by atoms with Crippen LogP contribution in [0.25, 0.3) is 0 Å². The van der Waals surface area contributed by atoms with Crippen LogP contribution in [0.2, 0.25) is 0 Å². The van der Waals surface area contributed by atoms with Crippen LogP contribution in [0.15, 0.2) is 0 Å². The smallest absolute Gasteiger partial charge is 0.0761 e. The first kappa shape index (κ1) is 20.6. The van der Waals surface area contributed by atoms with E-state index in [0.717, 1.165) is 61.1 Å². The van der Waals surface area contributed by atoms with Crippen LogP contribution in [0, 0.1) is 0 Å². The maximum absolute atomic E-state index is 5.81. The molecule has 0 radical (unpaired) electrons. The fourth-order valence-electron chi connectivity index (χ4n) is 1.09. The van der Waals surface area contributed by atoms with Gasteiger partial charge in [-0.25, -0.2) is 0 Å². The molecule has 0 saturated heterocycles. The molecule has 1 atom stereocenters. The summed E-state index contributed by atoms with van der Waals surface area (Å²) in [6.45, 7) is 5.23. The van der Waals surface area contributed by atoms with E-state index in [1.807, 2.05) is 30.4 Å². The highest BCUT2D eigenvalue weighted by Gasteiger charge is 1.96. The van der Waals surface area contributed by atoms with E-state index in [-0.39, 0.29) is 4.71 Å². The van der Waals surface area contributed by atoms with E-state index in [1.54, 1.807) is 11.8 Å². The Bertz CT molecular complexity index is 177. The van der Waals surface area contributed by atoms with Crippen molar-refractivity contribution in [1.29, 1.82) is 0 Å². The SMILES string of the molecule is CC(Cl)SCCOCCSCCOCCSCCCl. The Morgan fingerprint density at radius 2 is 1.32 bits per heavy atom. The van der Waals surface area contributed by atoms with Crippen molar-refractivity contribution in [2.24, 2.45) is 0 Å². The topological polar surface area (TPSA) is 18.5 Å². The van der Waals surface area contributed by atoms with Gasteiger partial charge in [-0.05, 0) is 6.92 Å². The summed E-state index contributed by atoms with van der Waals surface area (Å²) in [5.74, 6) is 5.82. The summed E-state index contributed by atoms with van der Waals surface area (Å²) in [4.78, 5) is 0. The molecular weight excluding hydrogens is 343 g/mol. The van der Waals surface area contributed by atoms with Crippen LogP contribution < -0.4 is 0 Å². The van der Waals surface area contributed by atoms with Crippen LogP contribution in [-0.2, 0) is 9.47 Å². The van der Waals surface area contributed by atoms with Crippen LogP contribution in [0.5, 0.6) is 0 Å². The normalized spacial score (nSPS) is 12.8. The molecule has 0 spiro atoms. The summed E-state index contributed by atoms with van der Waals surface area (Å²) in [5, 5.41) is 0. The Hall–Kier alpha value is 1.55. The monoisotopic (exact) mass is 366 g/mol. The van der Waals surface area contributed by atoms with Crippen LogP contribution in [0.3, 0.4) is 0 Å². The minimum atomic E-state index is 0.178. The third-order valence-corrected chi connectivity index (χ3v) is 5.42. The second-order valence-corrected chi connectivity index (χ2v) is 8.74. The first-order valence-electron chi connectivity index (χ1n) is 6.40. The standard InChI is InChI=1S/C12H24Cl2O2S3/c1-12(14)19-11-6-16-5-10-18-9-4-15-3-8-17-7-2-13/h12H,2-11H2,1H3. The van der Waals surface area contributed by atoms with Gasteiger partial charge in [0, 0.05) is 34.6 Å². The first-order chi connectivity index (χ1) is 9.27. The maximum atomic E-state index is 5.81. The average Bonchev–Trinajstić information content (AvgIpc) is 2.39. The number of ether oxygens (including phenoxy) is 2. The summed E-state index contributed by atoms with van der Waals surface area (Å²) in [6, 6.07) is 0. The Kier molecular flexibility index (Phi) is 19.0. The molecule has 0 fully saturated rings. The van der Waals surface area contributed by atoms with Crippen molar-refractivity contribution in [1.82, 2.24) is 0 Å². The van der Waals surface area contributed by atoms with Crippen molar-refractivity contribution in [3.63, 3.8) is 0 Å². The molecule has 116 valence electrons. The summed E-state index contributed by atoms with van der Waals surface area (Å²) in [6.07, 6.45) is 0. The summed E-state index contributed by atoms with van der Waals surface area (Å²) >= 11 is 16.8. The van der Waals surface area contributed by atoms with Gasteiger partial charge in [0.1, 0.15) is 0 Å². The van der Waals surface area contributed by atoms with E-state index in [1.165, 1.54) is 0 Å². The van der Waals surface area contributed by atoms with Gasteiger partial charge in [-0.15, -0.1) is 35.0 Å². The van der Waals surface area contributed by atoms with E-state index in [9.17, 15) is 0 Å². The molecule has 0 N–H and O–H groups in total. The molecule has 0 bridgehead atoms. The molecule has 0 aliphatic rings. The minimum Gasteiger partial charge on any atom is -0.380 e. The number of halogens is 2. The summed E-state index contributed by atoms with van der Waals surface area (Å²) < 4.78 is 11.2. The van der Waals surface area contributed by atoms with Crippen molar-refractivity contribution in [3.8, 4) is 0 Å². The van der Waals surface area contributed by atoms with E-state index in [2.05, 4.69) is 0 Å². The van der Waals surface area contributed by atoms with E-state index in [4.69, 9.17) is 32.7 Å². The molecule has 0 aromatic carbocycles. The molecule has 0 amide bonds. The van der Waals surface area contributed by atoms with Gasteiger partial charge >= 0.3 is 0 Å². The number of hydrogen-bond donors (Lipinski definition) is 0. The predicted octanol–water partition coefficient (Wildman–Crippen LogP) is 4.04. The van der Waals surface area contributed by atoms with E-state index < -0.39 is 0 Å². The lowest BCUT2D eigenvalue weighted by Gasteiger charge is -2.06. The fraction of sp³-hybridized carbons (Fsp3) is 1.00. The molecule has 0 aliphatic heterocycles. The Morgan fingerprint density at radius 3 is 1.79 bits per heavy atom. The lowest BCUT2D eigenvalue weighted by atomic mass is 10.8. The molecule has 0 aromatic heterocycles. The summed E-state index contributed by atoms with van der Waals surface area (Å²) in [5.41, 5.74) is 0. The maximum Gasteiger partial charge on any atom is 0.0761 e. The molecular formula is C12H24Cl2O2S3. The van der Waals surface area contributed by atoms with E-state index >= 15 is 0 Å². The molecule has 0 aliphatic carbocycles. The van der Waals surface area contributed by atoms with Crippen molar-refractivity contribution in [2.75, 3.05) is 61.1 Å². The highest BCUT2D eigenvalue weighted by molar-refractivity contribution is 8.01. The largest absolute Gasteiger partial charge is 0.380 e. The molecule has 1 unspecified atom stereocenters. The van der Waals surface area contributed by atoms with Gasteiger partial charge in [0.05, 0.1) is 31.1 Å². The molecule has 0 rings (SSSR count). The Labute approximate surface area is 140 Å². The average molecular weight is 367 g/mol. The highest BCUT2D eigenvalue weighted by atomic mass is 35.5. The summed E-state index contributed by atoms with van der Waals surface area (Å²) in [7, 11) is 0. The van der Waals surface area contributed by atoms with Crippen LogP contribution in [0.1, 0.15) is 6.92 Å². The molecule has 0 saturated carbocycles. The minimum absolute atomic E-state index is 0.178. The molecule has 19 heavy (non-hydrogen) atoms. The second-order valence-electron chi connectivity index (χ2n) is 3.55. The third-order valence-electron chi connectivity index (χ3n) is 1.91. The number of hydrogen-bond acceptors (Lipinski definition) is 5. The Balaban J connectivity index is 2.91. The highest BCUT2D eigenvalue weighted by Crippen LogP contribution is 2.13. The van der Waals surface area contributed by atoms with Crippen LogP contribution in [-0.4, -0.2) is 65.8 Å². The fourth-order valence-corrected chi connectivity index (χ4v) is 3.44. The van der Waals surface area contributed by atoms with Gasteiger partial charge in [-0.2, -0.15) is 23.5 Å². The number of alkyl halides is 2. The Morgan fingerprint density at radius 1 is 0.842 bits per heavy atom. The van der Waals surface area contributed by atoms with Crippen molar-refractivity contribution >= 4 is 58.5 Å². The van der Waals surface area contributed by atoms with Crippen molar-refractivity contribution in [2.45, 2.75) is 11.6 Å².